The van der Waals surface area contributed by atoms with Gasteiger partial charge in [0, 0.05) is 5.56 Å². The molecule has 0 aliphatic rings. The molecule has 78 valence electrons. The molecule has 0 atom stereocenters. The molecule has 1 rings (SSSR count). The standard InChI is InChI=1S/C12H12O3/c1-3-4-9-5-6-10(8(2)13)11(7-9)12(14)15/h3,5-7H,1,4H2,2H3,(H,14,15). The van der Waals surface area contributed by atoms with Crippen molar-refractivity contribution in [2.24, 2.45) is 0 Å². The fourth-order valence-corrected chi connectivity index (χ4v) is 1.37. The van der Waals surface area contributed by atoms with Crippen molar-refractivity contribution in [2.75, 3.05) is 0 Å². The number of ketones is 1. The molecular formula is C12H12O3. The van der Waals surface area contributed by atoms with E-state index >= 15 is 0 Å². The molecule has 0 bridgehead atoms. The SMILES string of the molecule is C=CCc1ccc(C(C)=O)c(C(=O)O)c1. The second-order valence-corrected chi connectivity index (χ2v) is 3.23. The summed E-state index contributed by atoms with van der Waals surface area (Å²) in [5, 5.41) is 8.93. The summed E-state index contributed by atoms with van der Waals surface area (Å²) in [5.74, 6) is -1.32. The van der Waals surface area contributed by atoms with E-state index in [9.17, 15) is 9.59 Å². The minimum Gasteiger partial charge on any atom is -0.478 e. The Balaban J connectivity index is 3.26. The Morgan fingerprint density at radius 2 is 2.07 bits per heavy atom. The zero-order chi connectivity index (χ0) is 11.4. The van der Waals surface area contributed by atoms with Gasteiger partial charge in [0.15, 0.2) is 5.78 Å². The van der Waals surface area contributed by atoms with Gasteiger partial charge in [0.2, 0.25) is 0 Å². The number of aromatic carboxylic acids is 1. The zero-order valence-electron chi connectivity index (χ0n) is 8.49. The van der Waals surface area contributed by atoms with Gasteiger partial charge in [-0.25, -0.2) is 4.79 Å². The summed E-state index contributed by atoms with van der Waals surface area (Å²) in [6.07, 6.45) is 2.28. The fourth-order valence-electron chi connectivity index (χ4n) is 1.37. The van der Waals surface area contributed by atoms with Crippen LogP contribution in [0.15, 0.2) is 30.9 Å². The summed E-state index contributed by atoms with van der Waals surface area (Å²) in [5.41, 5.74) is 1.14. The Morgan fingerprint density at radius 3 is 2.53 bits per heavy atom. The molecule has 0 unspecified atom stereocenters. The molecule has 0 aliphatic heterocycles. The summed E-state index contributed by atoms with van der Waals surface area (Å²) < 4.78 is 0. The lowest BCUT2D eigenvalue weighted by atomic mass is 10.00. The lowest BCUT2D eigenvalue weighted by molar-refractivity contribution is 0.0692. The normalized spacial score (nSPS) is 9.67. The molecule has 0 amide bonds. The summed E-state index contributed by atoms with van der Waals surface area (Å²) in [4.78, 5) is 22.1. The van der Waals surface area contributed by atoms with Gasteiger partial charge in [-0.15, -0.1) is 6.58 Å². The molecule has 1 aromatic carbocycles. The molecule has 0 fully saturated rings. The van der Waals surface area contributed by atoms with Crippen molar-refractivity contribution in [1.82, 2.24) is 0 Å². The first-order chi connectivity index (χ1) is 7.06. The van der Waals surface area contributed by atoms with Crippen molar-refractivity contribution in [2.45, 2.75) is 13.3 Å². The summed E-state index contributed by atoms with van der Waals surface area (Å²) in [6.45, 7) is 4.93. The van der Waals surface area contributed by atoms with Crippen LogP contribution >= 0.6 is 0 Å². The van der Waals surface area contributed by atoms with E-state index in [-0.39, 0.29) is 16.9 Å². The van der Waals surface area contributed by atoms with E-state index in [4.69, 9.17) is 5.11 Å². The largest absolute Gasteiger partial charge is 0.478 e. The summed E-state index contributed by atoms with van der Waals surface area (Å²) in [7, 11) is 0. The number of hydrogen-bond acceptors (Lipinski definition) is 2. The van der Waals surface area contributed by atoms with Crippen molar-refractivity contribution in [3.8, 4) is 0 Å². The Labute approximate surface area is 88.0 Å². The van der Waals surface area contributed by atoms with Crippen LogP contribution in [0.3, 0.4) is 0 Å². The molecule has 3 nitrogen and oxygen atoms in total. The van der Waals surface area contributed by atoms with E-state index in [0.29, 0.717) is 6.42 Å². The van der Waals surface area contributed by atoms with Crippen LogP contribution in [0.1, 0.15) is 33.2 Å². The highest BCUT2D eigenvalue weighted by Gasteiger charge is 2.13. The number of carbonyl (C=O) groups excluding carboxylic acids is 1. The predicted molar refractivity (Wildman–Crippen MR) is 57.3 cm³/mol. The quantitative estimate of drug-likeness (QED) is 0.604. The van der Waals surface area contributed by atoms with Crippen LogP contribution in [0.5, 0.6) is 0 Å². The topological polar surface area (TPSA) is 54.4 Å². The third-order valence-corrected chi connectivity index (χ3v) is 2.07. The van der Waals surface area contributed by atoms with Crippen molar-refractivity contribution >= 4 is 11.8 Å². The number of carbonyl (C=O) groups is 2. The summed E-state index contributed by atoms with van der Waals surface area (Å²) >= 11 is 0. The highest BCUT2D eigenvalue weighted by molar-refractivity contribution is 6.04. The lowest BCUT2D eigenvalue weighted by Crippen LogP contribution is -2.06. The molecule has 0 saturated heterocycles. The van der Waals surface area contributed by atoms with Gasteiger partial charge in [-0.3, -0.25) is 4.79 Å². The van der Waals surface area contributed by atoms with Gasteiger partial charge in [0.1, 0.15) is 0 Å². The van der Waals surface area contributed by atoms with E-state index in [1.54, 1.807) is 18.2 Å². The zero-order valence-corrected chi connectivity index (χ0v) is 8.49. The van der Waals surface area contributed by atoms with Gasteiger partial charge < -0.3 is 5.11 Å². The smallest absolute Gasteiger partial charge is 0.336 e. The fraction of sp³-hybridized carbons (Fsp3) is 0.167. The van der Waals surface area contributed by atoms with Crippen molar-refractivity contribution < 1.29 is 14.7 Å². The maximum atomic E-state index is 11.2. The molecule has 1 N–H and O–H groups in total. The molecule has 0 saturated carbocycles. The first-order valence-corrected chi connectivity index (χ1v) is 4.54. The highest BCUT2D eigenvalue weighted by Crippen LogP contribution is 2.13. The minimum atomic E-state index is -1.08. The number of allylic oxidation sites excluding steroid dienone is 1. The molecule has 0 radical (unpaired) electrons. The van der Waals surface area contributed by atoms with E-state index < -0.39 is 5.97 Å². The Morgan fingerprint density at radius 1 is 1.40 bits per heavy atom. The molecule has 1 aromatic rings. The highest BCUT2D eigenvalue weighted by atomic mass is 16.4. The number of carboxylic acid groups (broad SMARTS) is 1. The number of rotatable bonds is 4. The van der Waals surface area contributed by atoms with E-state index in [1.807, 2.05) is 0 Å². The second-order valence-electron chi connectivity index (χ2n) is 3.23. The van der Waals surface area contributed by atoms with Gasteiger partial charge in [0.25, 0.3) is 0 Å². The maximum absolute atomic E-state index is 11.2. The van der Waals surface area contributed by atoms with Crippen molar-refractivity contribution in [3.63, 3.8) is 0 Å². The molecule has 0 aromatic heterocycles. The van der Waals surface area contributed by atoms with Crippen molar-refractivity contribution in [3.05, 3.63) is 47.5 Å². The van der Waals surface area contributed by atoms with Crippen LogP contribution in [-0.2, 0) is 6.42 Å². The Kier molecular flexibility index (Phi) is 3.39. The molecule has 0 spiro atoms. The number of carboxylic acids is 1. The summed E-state index contributed by atoms with van der Waals surface area (Å²) in [6, 6.07) is 4.80. The van der Waals surface area contributed by atoms with Gasteiger partial charge in [-0.1, -0.05) is 18.2 Å². The average Bonchev–Trinajstić information content (AvgIpc) is 2.17. The number of benzene rings is 1. The van der Waals surface area contributed by atoms with E-state index in [2.05, 4.69) is 6.58 Å². The van der Waals surface area contributed by atoms with Gasteiger partial charge in [-0.05, 0) is 25.0 Å². The first-order valence-electron chi connectivity index (χ1n) is 4.54. The average molecular weight is 204 g/mol. The third kappa shape index (κ3) is 2.53. The monoisotopic (exact) mass is 204 g/mol. The molecule has 0 aliphatic carbocycles. The van der Waals surface area contributed by atoms with Gasteiger partial charge in [-0.2, -0.15) is 0 Å². The van der Waals surface area contributed by atoms with Gasteiger partial charge >= 0.3 is 5.97 Å². The number of hydrogen-bond donors (Lipinski definition) is 1. The Bertz CT molecular complexity index is 419. The maximum Gasteiger partial charge on any atom is 0.336 e. The van der Waals surface area contributed by atoms with E-state index in [1.165, 1.54) is 13.0 Å². The molecule has 0 heterocycles. The van der Waals surface area contributed by atoms with Crippen LogP contribution in [-0.4, -0.2) is 16.9 Å². The molecular weight excluding hydrogens is 192 g/mol. The minimum absolute atomic E-state index is 0.0573. The van der Waals surface area contributed by atoms with Crippen LogP contribution in [0, 0.1) is 0 Å². The molecule has 15 heavy (non-hydrogen) atoms. The van der Waals surface area contributed by atoms with Crippen LogP contribution in [0.2, 0.25) is 0 Å². The predicted octanol–water partition coefficient (Wildman–Crippen LogP) is 2.32. The van der Waals surface area contributed by atoms with Crippen LogP contribution < -0.4 is 0 Å². The first kappa shape index (κ1) is 11.2. The van der Waals surface area contributed by atoms with Crippen LogP contribution in [0.25, 0.3) is 0 Å². The number of Topliss-reactive ketones (excluding diaryl/α,β-unsaturated/α-hetero) is 1. The Hall–Kier alpha value is -1.90. The van der Waals surface area contributed by atoms with E-state index in [0.717, 1.165) is 5.56 Å². The van der Waals surface area contributed by atoms with Crippen LogP contribution in [0.4, 0.5) is 0 Å². The second kappa shape index (κ2) is 4.55. The third-order valence-electron chi connectivity index (χ3n) is 2.07. The molecule has 3 heteroatoms. The lowest BCUT2D eigenvalue weighted by Gasteiger charge is -2.04. The van der Waals surface area contributed by atoms with Crippen molar-refractivity contribution in [1.29, 1.82) is 0 Å². The van der Waals surface area contributed by atoms with Gasteiger partial charge in [0.05, 0.1) is 5.56 Å².